The molecule has 4 fully saturated rings. The van der Waals surface area contributed by atoms with Crippen molar-refractivity contribution in [1.29, 1.82) is 0 Å². The zero-order chi connectivity index (χ0) is 31.0. The van der Waals surface area contributed by atoms with Crippen molar-refractivity contribution < 1.29 is 19.0 Å². The molecular weight excluding hydrogens is 581 g/mol. The summed E-state index contributed by atoms with van der Waals surface area (Å²) in [6.07, 6.45) is 7.57. The lowest BCUT2D eigenvalue weighted by Gasteiger charge is -2.36. The molecule has 0 radical (unpaired) electrons. The highest BCUT2D eigenvalue weighted by Gasteiger charge is 2.46. The lowest BCUT2D eigenvalue weighted by atomic mass is 9.91. The van der Waals surface area contributed by atoms with E-state index < -0.39 is 5.82 Å². The van der Waals surface area contributed by atoms with Gasteiger partial charge in [0.1, 0.15) is 17.1 Å². The Bertz CT molecular complexity index is 1830. The van der Waals surface area contributed by atoms with Crippen molar-refractivity contribution in [2.75, 3.05) is 50.9 Å². The Morgan fingerprint density at radius 2 is 1.91 bits per heavy atom. The van der Waals surface area contributed by atoms with Gasteiger partial charge in [-0.15, -0.1) is 0 Å². The molecule has 1 saturated carbocycles. The van der Waals surface area contributed by atoms with Gasteiger partial charge in [0.15, 0.2) is 5.82 Å². The van der Waals surface area contributed by atoms with Crippen LogP contribution in [0.2, 0.25) is 0 Å². The number of morpholine rings is 1. The van der Waals surface area contributed by atoms with E-state index in [9.17, 15) is 5.11 Å². The summed E-state index contributed by atoms with van der Waals surface area (Å²) in [7, 11) is 0. The lowest BCUT2D eigenvalue weighted by Crippen LogP contribution is -2.51. The molecule has 8 nitrogen and oxygen atoms in total. The van der Waals surface area contributed by atoms with E-state index in [0.29, 0.717) is 41.2 Å². The summed E-state index contributed by atoms with van der Waals surface area (Å²) in [4.78, 5) is 14.6. The fourth-order valence-corrected chi connectivity index (χ4v) is 8.54. The minimum absolute atomic E-state index is 0.0689. The Morgan fingerprint density at radius 3 is 2.72 bits per heavy atom. The summed E-state index contributed by atoms with van der Waals surface area (Å²) < 4.78 is 29.1. The van der Waals surface area contributed by atoms with E-state index in [1.54, 1.807) is 12.1 Å². The third-order valence-electron chi connectivity index (χ3n) is 11.3. The molecule has 0 unspecified atom stereocenters. The Balaban J connectivity index is 1.13. The smallest absolute Gasteiger partial charge is 0.319 e. The highest BCUT2D eigenvalue weighted by atomic mass is 19.1. The van der Waals surface area contributed by atoms with Gasteiger partial charge >= 0.3 is 6.01 Å². The fraction of sp³-hybridized carbons (Fsp3) is 0.514. The quantitative estimate of drug-likeness (QED) is 0.275. The van der Waals surface area contributed by atoms with Crippen molar-refractivity contribution in [2.45, 2.75) is 70.0 Å². The second kappa shape index (κ2) is 11.0. The summed E-state index contributed by atoms with van der Waals surface area (Å²) in [5.41, 5.74) is 4.09. The van der Waals surface area contributed by atoms with E-state index in [4.69, 9.17) is 19.4 Å². The molecule has 3 aliphatic heterocycles. The van der Waals surface area contributed by atoms with Gasteiger partial charge in [0.2, 0.25) is 0 Å². The Kier molecular flexibility index (Phi) is 6.88. The predicted octanol–water partition coefficient (Wildman–Crippen LogP) is 5.60. The molecule has 2 aliphatic carbocycles. The number of fused-ring (bicyclic) bond motifs is 6. The second-order valence-corrected chi connectivity index (χ2v) is 14.5. The zero-order valence-electron chi connectivity index (χ0n) is 26.5. The highest BCUT2D eigenvalue weighted by molar-refractivity contribution is 6.03. The summed E-state index contributed by atoms with van der Waals surface area (Å²) in [5.74, 6) is 0.486. The molecule has 240 valence electrons. The number of benzene rings is 3. The van der Waals surface area contributed by atoms with E-state index in [2.05, 4.69) is 34.2 Å². The van der Waals surface area contributed by atoms with Gasteiger partial charge in [-0.3, -0.25) is 4.90 Å². The molecule has 3 aromatic carbocycles. The lowest BCUT2D eigenvalue weighted by molar-refractivity contribution is -0.0134. The van der Waals surface area contributed by atoms with Crippen molar-refractivity contribution in [1.82, 2.24) is 20.2 Å². The van der Waals surface area contributed by atoms with Gasteiger partial charge in [0.25, 0.3) is 0 Å². The van der Waals surface area contributed by atoms with Gasteiger partial charge in [-0.05, 0) is 97.5 Å². The molecule has 5 aliphatic rings. The van der Waals surface area contributed by atoms with Crippen LogP contribution in [0, 0.1) is 11.2 Å². The van der Waals surface area contributed by atoms with Crippen LogP contribution in [0.15, 0.2) is 36.4 Å². The number of rotatable bonds is 7. The average Bonchev–Trinajstić information content (AvgIpc) is 3.49. The van der Waals surface area contributed by atoms with Crippen LogP contribution < -0.4 is 15.0 Å². The molecule has 1 aromatic heterocycles. The first-order chi connectivity index (χ1) is 22.4. The first-order valence-corrected chi connectivity index (χ1v) is 17.2. The maximum Gasteiger partial charge on any atom is 0.319 e. The molecule has 46 heavy (non-hydrogen) atoms. The van der Waals surface area contributed by atoms with Crippen LogP contribution in [-0.4, -0.2) is 84.1 Å². The van der Waals surface area contributed by atoms with Gasteiger partial charge in [-0.1, -0.05) is 18.2 Å². The van der Waals surface area contributed by atoms with Crippen LogP contribution in [0.5, 0.6) is 11.8 Å². The number of ether oxygens (including phenoxy) is 2. The molecule has 9 heteroatoms. The minimum atomic E-state index is -0.394. The molecule has 3 saturated heterocycles. The zero-order valence-corrected chi connectivity index (χ0v) is 26.5. The molecule has 2 bridgehead atoms. The number of hydrogen-bond acceptors (Lipinski definition) is 8. The first-order valence-electron chi connectivity index (χ1n) is 17.2. The maximum atomic E-state index is 17.0. The first kappa shape index (κ1) is 28.7. The third kappa shape index (κ3) is 4.98. The number of piperazine rings is 1. The summed E-state index contributed by atoms with van der Waals surface area (Å²) in [6.45, 7) is 7.82. The molecule has 2 N–H and O–H groups in total. The largest absolute Gasteiger partial charge is 0.508 e. The van der Waals surface area contributed by atoms with E-state index in [0.717, 1.165) is 101 Å². The van der Waals surface area contributed by atoms with E-state index in [1.165, 1.54) is 11.1 Å². The Labute approximate surface area is 268 Å². The van der Waals surface area contributed by atoms with Crippen molar-refractivity contribution in [3.8, 4) is 22.9 Å². The maximum absolute atomic E-state index is 17.0. The second-order valence-electron chi connectivity index (χ2n) is 14.5. The van der Waals surface area contributed by atoms with Crippen LogP contribution in [0.4, 0.5) is 10.2 Å². The molecule has 4 aromatic rings. The Hall–Kier alpha value is -3.53. The normalized spacial score (nSPS) is 25.3. The molecule has 0 spiro atoms. The van der Waals surface area contributed by atoms with Crippen LogP contribution in [0.1, 0.15) is 50.2 Å². The fourth-order valence-electron chi connectivity index (χ4n) is 8.54. The van der Waals surface area contributed by atoms with Gasteiger partial charge in [0, 0.05) is 60.7 Å². The van der Waals surface area contributed by atoms with Crippen molar-refractivity contribution in [3.05, 3.63) is 53.3 Å². The van der Waals surface area contributed by atoms with Crippen LogP contribution >= 0.6 is 0 Å². The molecular formula is C37H42FN5O3. The van der Waals surface area contributed by atoms with E-state index >= 15 is 4.39 Å². The van der Waals surface area contributed by atoms with Gasteiger partial charge < -0.3 is 24.8 Å². The number of aryl methyl sites for hydroxylation is 2. The summed E-state index contributed by atoms with van der Waals surface area (Å²) in [6, 6.07) is 13.0. The van der Waals surface area contributed by atoms with Crippen LogP contribution in [-0.2, 0) is 17.6 Å². The summed E-state index contributed by atoms with van der Waals surface area (Å²) in [5, 5.41) is 17.1. The average molecular weight is 624 g/mol. The highest BCUT2D eigenvalue weighted by Crippen LogP contribution is 2.47. The SMILES string of the molecule is C[C@@H]1COCCN1CC1(COc2nc(N3C[C@H]4CC[C@@H](C3)N4)c3ccc(-c4cc(O)cc5ccc6c(c45)CCC6)c(F)c3n2)CC1. The molecule has 9 rings (SSSR count). The number of phenols is 1. The number of halogens is 1. The van der Waals surface area contributed by atoms with Gasteiger partial charge in [-0.25, -0.2) is 4.39 Å². The van der Waals surface area contributed by atoms with Crippen molar-refractivity contribution in [2.24, 2.45) is 5.41 Å². The van der Waals surface area contributed by atoms with Crippen LogP contribution in [0.3, 0.4) is 0 Å². The number of nitrogens with one attached hydrogen (secondary N) is 1. The number of aromatic hydroxyl groups is 1. The number of phenolic OH excluding ortho intramolecular Hbond substituents is 1. The summed E-state index contributed by atoms with van der Waals surface area (Å²) >= 11 is 0. The number of aromatic nitrogens is 2. The number of anilines is 1. The monoisotopic (exact) mass is 623 g/mol. The molecule has 3 atom stereocenters. The predicted molar refractivity (Wildman–Crippen MR) is 177 cm³/mol. The van der Waals surface area contributed by atoms with E-state index in [-0.39, 0.29) is 22.7 Å². The van der Waals surface area contributed by atoms with E-state index in [1.807, 2.05) is 12.1 Å². The standard InChI is InChI=1S/C37H42FN5O3/c1-22-19-45-14-13-42(22)20-37(11-12-37)21-46-36-40-34-30(35(41-36)43-17-25-7-8-26(18-43)39-25)10-9-29(33(34)38)31-16-27(44)15-24-6-5-23-3-2-4-28(23)32(24)31/h5-6,9-10,15-16,22,25-26,39,44H,2-4,7-8,11-14,17-21H2,1H3/t22-,25-,26+/m1/s1. The minimum Gasteiger partial charge on any atom is -0.508 e. The van der Waals surface area contributed by atoms with Gasteiger partial charge in [-0.2, -0.15) is 9.97 Å². The Morgan fingerprint density at radius 1 is 1.07 bits per heavy atom. The van der Waals surface area contributed by atoms with Gasteiger partial charge in [0.05, 0.1) is 19.8 Å². The molecule has 0 amide bonds. The topological polar surface area (TPSA) is 83.0 Å². The number of hydrogen-bond donors (Lipinski definition) is 2. The third-order valence-corrected chi connectivity index (χ3v) is 11.3. The molecule has 4 heterocycles. The van der Waals surface area contributed by atoms with Crippen LogP contribution in [0.25, 0.3) is 32.8 Å². The van der Waals surface area contributed by atoms with Crippen molar-refractivity contribution >= 4 is 27.5 Å². The number of nitrogens with zero attached hydrogens (tertiary/aromatic N) is 4. The van der Waals surface area contributed by atoms with Crippen molar-refractivity contribution in [3.63, 3.8) is 0 Å².